The van der Waals surface area contributed by atoms with Crippen LogP contribution in [0.15, 0.2) is 24.3 Å². The molecule has 2 N–H and O–H groups in total. The minimum atomic E-state index is -6.86. The fourth-order valence-corrected chi connectivity index (χ4v) is 9.11. The summed E-state index contributed by atoms with van der Waals surface area (Å²) >= 11 is 0. The molecule has 0 bridgehead atoms. The van der Waals surface area contributed by atoms with Crippen LogP contribution in [-0.2, 0) is 4.74 Å². The molecule has 0 spiro atoms. The highest BCUT2D eigenvalue weighted by Gasteiger charge is 2.85. The van der Waals surface area contributed by atoms with Gasteiger partial charge in [0.25, 0.3) is 0 Å². The number of benzene rings is 2. The number of anilines is 1. The summed E-state index contributed by atoms with van der Waals surface area (Å²) < 4.78 is 171. The molecule has 4 aromatic rings. The summed E-state index contributed by atoms with van der Waals surface area (Å²) in [6, 6.07) is 3.31. The number of hydrogen-bond acceptors (Lipinski definition) is 10. The van der Waals surface area contributed by atoms with Crippen molar-refractivity contribution >= 4 is 27.5 Å². The van der Waals surface area contributed by atoms with Crippen molar-refractivity contribution in [3.8, 4) is 28.9 Å². The smallest absolute Gasteiger partial charge is 0.435 e. The molecule has 8 rings (SSSR count). The van der Waals surface area contributed by atoms with Crippen LogP contribution in [0.1, 0.15) is 44.6 Å². The number of halogens is 11. The molecule has 3 fully saturated rings. The zero-order valence-electron chi connectivity index (χ0n) is 31.4. The number of aryl methyl sites for hydroxylation is 1. The van der Waals surface area contributed by atoms with Gasteiger partial charge in [0.2, 0.25) is 5.88 Å². The molecule has 10 nitrogen and oxygen atoms in total. The SMILES string of the molecule is CC[C@@H]1CN2c3nc(OCC45CCCN4[C@H](COC(C(F)(F)F)(C(F)(F)F)C(F)(F)F)CC5)nc4c(F)c(-c5cc(O)cc6ccc(F)c(C)c56)nc(c34)OC[C@@H]2CN1. The van der Waals surface area contributed by atoms with Gasteiger partial charge in [-0.1, -0.05) is 13.0 Å². The molecule has 6 heterocycles. The standard InChI is InChI=1S/C38H37F11N6O4/c1-3-20-14-54-22(13-50-20)15-57-32-27-30(28(40)29(51-32)24-12-23(56)11-19-5-6-25(39)18(2)26(19)24)52-33(53-31(27)54)58-17-34-8-4-10-55(34)21(7-9-34)16-59-35(36(41,42)43,37(44,45)46)38(47,48)49/h5-6,11-12,20-22,50,56H,3-4,7-10,13-17H2,1-2H3/t20-,21+,22+,34?/m1/s1. The fourth-order valence-electron chi connectivity index (χ4n) is 9.11. The third kappa shape index (κ3) is 6.61. The number of aromatic nitrogens is 3. The Labute approximate surface area is 328 Å². The largest absolute Gasteiger partial charge is 0.508 e. The van der Waals surface area contributed by atoms with E-state index in [-0.39, 0.29) is 101 Å². The van der Waals surface area contributed by atoms with Crippen LogP contribution in [0.2, 0.25) is 0 Å². The average molecular weight is 851 g/mol. The Hall–Kier alpha value is -4.50. The first kappa shape index (κ1) is 41.2. The van der Waals surface area contributed by atoms with E-state index in [0.717, 1.165) is 6.42 Å². The van der Waals surface area contributed by atoms with Crippen LogP contribution in [-0.4, -0.2) is 112 Å². The van der Waals surface area contributed by atoms with E-state index in [1.807, 2.05) is 11.8 Å². The van der Waals surface area contributed by atoms with Gasteiger partial charge < -0.3 is 29.5 Å². The lowest BCUT2D eigenvalue weighted by atomic mass is 9.95. The Bertz CT molecular complexity index is 2250. The minimum absolute atomic E-state index is 0.00913. The van der Waals surface area contributed by atoms with E-state index in [0.29, 0.717) is 31.3 Å². The van der Waals surface area contributed by atoms with Gasteiger partial charge in [-0.3, -0.25) is 4.90 Å². The number of ether oxygens (including phenoxy) is 3. The van der Waals surface area contributed by atoms with Crippen LogP contribution in [0, 0.1) is 18.6 Å². The van der Waals surface area contributed by atoms with Crippen molar-refractivity contribution in [2.75, 3.05) is 44.4 Å². The molecular formula is C38H37F11N6O4. The lowest BCUT2D eigenvalue weighted by Gasteiger charge is -2.40. The zero-order valence-corrected chi connectivity index (χ0v) is 31.4. The maximum absolute atomic E-state index is 17.2. The van der Waals surface area contributed by atoms with Crippen LogP contribution in [0.5, 0.6) is 17.6 Å². The van der Waals surface area contributed by atoms with Crippen molar-refractivity contribution in [1.29, 1.82) is 0 Å². The van der Waals surface area contributed by atoms with Gasteiger partial charge >= 0.3 is 30.1 Å². The molecule has 4 aliphatic rings. The topological polar surface area (TPSA) is 105 Å². The number of nitrogens with one attached hydrogen (secondary N) is 1. The first-order chi connectivity index (χ1) is 27.7. The van der Waals surface area contributed by atoms with Gasteiger partial charge in [0.05, 0.1) is 18.2 Å². The molecule has 2 aromatic heterocycles. The van der Waals surface area contributed by atoms with Crippen LogP contribution in [0.3, 0.4) is 0 Å². The quantitative estimate of drug-likeness (QED) is 0.170. The predicted octanol–water partition coefficient (Wildman–Crippen LogP) is 7.90. The van der Waals surface area contributed by atoms with Crippen LogP contribution in [0.25, 0.3) is 32.9 Å². The number of nitrogens with zero attached hydrogens (tertiary/aromatic N) is 5. The Morgan fingerprint density at radius 1 is 0.966 bits per heavy atom. The fraction of sp³-hybridized carbons (Fsp3) is 0.553. The number of piperazine rings is 1. The number of rotatable bonds is 8. The van der Waals surface area contributed by atoms with E-state index in [4.69, 9.17) is 9.47 Å². The molecular weight excluding hydrogens is 813 g/mol. The first-order valence-corrected chi connectivity index (χ1v) is 18.9. The highest BCUT2D eigenvalue weighted by molar-refractivity contribution is 6.03. The summed E-state index contributed by atoms with van der Waals surface area (Å²) in [6.07, 6.45) is -19.2. The summed E-state index contributed by atoms with van der Waals surface area (Å²) in [5.41, 5.74) is -7.89. The molecule has 2 aromatic carbocycles. The molecule has 0 amide bonds. The van der Waals surface area contributed by atoms with Gasteiger partial charge in [0, 0.05) is 30.7 Å². The number of phenols is 1. The Balaban J connectivity index is 1.17. The van der Waals surface area contributed by atoms with Gasteiger partial charge in [0.1, 0.15) is 47.2 Å². The van der Waals surface area contributed by atoms with Crippen molar-refractivity contribution in [2.24, 2.45) is 0 Å². The monoisotopic (exact) mass is 850 g/mol. The Kier molecular flexibility index (Phi) is 10.0. The second-order valence-electron chi connectivity index (χ2n) is 15.5. The molecule has 59 heavy (non-hydrogen) atoms. The second kappa shape index (κ2) is 14.3. The van der Waals surface area contributed by atoms with Crippen LogP contribution < -0.4 is 19.7 Å². The first-order valence-electron chi connectivity index (χ1n) is 18.9. The summed E-state index contributed by atoms with van der Waals surface area (Å²) in [7, 11) is 0. The molecule has 0 aliphatic carbocycles. The van der Waals surface area contributed by atoms with Gasteiger partial charge in [-0.05, 0) is 80.1 Å². The molecule has 320 valence electrons. The van der Waals surface area contributed by atoms with Gasteiger partial charge in [-0.25, -0.2) is 13.8 Å². The third-order valence-corrected chi connectivity index (χ3v) is 12.1. The number of alkyl halides is 9. The highest BCUT2D eigenvalue weighted by atomic mass is 19.4. The van der Waals surface area contributed by atoms with Crippen molar-refractivity contribution in [3.63, 3.8) is 0 Å². The Morgan fingerprint density at radius 2 is 1.69 bits per heavy atom. The summed E-state index contributed by atoms with van der Waals surface area (Å²) in [5, 5.41) is 14.9. The van der Waals surface area contributed by atoms with Crippen molar-refractivity contribution < 1.29 is 67.6 Å². The second-order valence-corrected chi connectivity index (χ2v) is 15.5. The normalized spacial score (nSPS) is 24.0. The highest BCUT2D eigenvalue weighted by Crippen LogP contribution is 2.56. The molecule has 21 heteroatoms. The summed E-state index contributed by atoms with van der Waals surface area (Å²) in [4.78, 5) is 17.1. The summed E-state index contributed by atoms with van der Waals surface area (Å²) in [5.74, 6) is -1.66. The average Bonchev–Trinajstić information content (AvgIpc) is 3.68. The van der Waals surface area contributed by atoms with E-state index < -0.39 is 54.0 Å². The zero-order chi connectivity index (χ0) is 42.4. The van der Waals surface area contributed by atoms with Crippen molar-refractivity contribution in [1.82, 2.24) is 25.2 Å². The predicted molar refractivity (Wildman–Crippen MR) is 189 cm³/mol. The number of hydrogen-bond donors (Lipinski definition) is 2. The van der Waals surface area contributed by atoms with Crippen molar-refractivity contribution in [2.45, 2.75) is 93.7 Å². The van der Waals surface area contributed by atoms with Crippen LogP contribution in [0.4, 0.5) is 54.1 Å². The third-order valence-electron chi connectivity index (χ3n) is 12.1. The molecule has 4 aliphatic heterocycles. The van der Waals surface area contributed by atoms with Crippen LogP contribution >= 0.6 is 0 Å². The molecule has 4 atom stereocenters. The number of pyridine rings is 1. The van der Waals surface area contributed by atoms with E-state index in [1.165, 1.54) is 36.1 Å². The lowest BCUT2D eigenvalue weighted by Crippen LogP contribution is -2.68. The maximum Gasteiger partial charge on any atom is 0.435 e. The number of aromatic hydroxyl groups is 1. The van der Waals surface area contributed by atoms with E-state index in [2.05, 4.69) is 25.0 Å². The number of fused-ring (bicyclic) bond motifs is 4. The molecule has 0 saturated carbocycles. The lowest BCUT2D eigenvalue weighted by molar-refractivity contribution is -0.458. The number of phenolic OH excluding ortho intramolecular Hbond substituents is 1. The maximum atomic E-state index is 17.2. The molecule has 3 saturated heterocycles. The Morgan fingerprint density at radius 3 is 2.39 bits per heavy atom. The molecule has 0 radical (unpaired) electrons. The van der Waals surface area contributed by atoms with E-state index >= 15 is 4.39 Å². The van der Waals surface area contributed by atoms with E-state index in [1.54, 1.807) is 0 Å². The summed E-state index contributed by atoms with van der Waals surface area (Å²) in [6.45, 7) is 2.68. The van der Waals surface area contributed by atoms with Gasteiger partial charge in [0.15, 0.2) is 5.82 Å². The minimum Gasteiger partial charge on any atom is -0.508 e. The molecule has 1 unspecified atom stereocenters. The van der Waals surface area contributed by atoms with Gasteiger partial charge in [-0.2, -0.15) is 49.5 Å². The van der Waals surface area contributed by atoms with Gasteiger partial charge in [-0.15, -0.1) is 0 Å². The van der Waals surface area contributed by atoms with Crippen molar-refractivity contribution in [3.05, 3.63) is 41.5 Å². The van der Waals surface area contributed by atoms with E-state index in [9.17, 15) is 49.0 Å².